The molecule has 0 fully saturated rings. The van der Waals surface area contributed by atoms with E-state index in [1.54, 1.807) is 23.1 Å². The van der Waals surface area contributed by atoms with E-state index in [0.717, 1.165) is 38.5 Å². The Morgan fingerprint density at radius 3 is 2.72 bits per heavy atom. The number of hydrogen-bond donors (Lipinski definition) is 1. The van der Waals surface area contributed by atoms with Crippen LogP contribution in [0.25, 0.3) is 10.2 Å². The van der Waals surface area contributed by atoms with Crippen molar-refractivity contribution in [2.45, 2.75) is 12.5 Å². The number of nitrogens with zero attached hydrogens (tertiary/aromatic N) is 2. The third-order valence-corrected chi connectivity index (χ3v) is 5.72. The topological polar surface area (TPSA) is 63.6 Å². The van der Waals surface area contributed by atoms with E-state index in [4.69, 9.17) is 4.74 Å². The SMILES string of the molecule is O=C1Nc2ccc3ncsc3c2C1C=Nc1ccc(OCc2ccccc2)cc1. The van der Waals surface area contributed by atoms with Crippen molar-refractivity contribution in [3.05, 3.63) is 83.4 Å². The molecular weight excluding hydrogens is 382 g/mol. The molecule has 29 heavy (non-hydrogen) atoms. The molecule has 0 aliphatic carbocycles. The summed E-state index contributed by atoms with van der Waals surface area (Å²) in [5.74, 6) is 0.304. The Kier molecular flexibility index (Phi) is 4.54. The Morgan fingerprint density at radius 1 is 1.07 bits per heavy atom. The highest BCUT2D eigenvalue weighted by Crippen LogP contribution is 2.39. The number of fused-ring (bicyclic) bond motifs is 3. The molecule has 1 aromatic heterocycles. The van der Waals surface area contributed by atoms with Crippen LogP contribution in [-0.4, -0.2) is 17.1 Å². The van der Waals surface area contributed by atoms with E-state index in [2.05, 4.69) is 15.3 Å². The van der Waals surface area contributed by atoms with Gasteiger partial charge in [0.05, 0.1) is 21.4 Å². The van der Waals surface area contributed by atoms with E-state index in [9.17, 15) is 4.79 Å². The Labute approximate surface area is 171 Å². The molecule has 4 aromatic rings. The largest absolute Gasteiger partial charge is 0.489 e. The van der Waals surface area contributed by atoms with Crippen molar-refractivity contribution in [1.82, 2.24) is 4.98 Å². The average Bonchev–Trinajstić information content (AvgIpc) is 3.35. The van der Waals surface area contributed by atoms with Crippen molar-refractivity contribution >= 4 is 45.0 Å². The molecule has 1 aliphatic rings. The molecule has 0 saturated carbocycles. The molecule has 6 heteroatoms. The fourth-order valence-corrected chi connectivity index (χ4v) is 4.26. The molecule has 2 heterocycles. The highest BCUT2D eigenvalue weighted by atomic mass is 32.1. The number of nitrogens with one attached hydrogen (secondary N) is 1. The molecule has 0 saturated heterocycles. The molecule has 1 unspecified atom stereocenters. The van der Waals surface area contributed by atoms with Gasteiger partial charge in [-0.3, -0.25) is 9.79 Å². The van der Waals surface area contributed by atoms with Crippen LogP contribution in [0.5, 0.6) is 5.75 Å². The molecule has 1 aliphatic heterocycles. The number of rotatable bonds is 5. The lowest BCUT2D eigenvalue weighted by Gasteiger charge is -2.06. The molecule has 0 bridgehead atoms. The van der Waals surface area contributed by atoms with Gasteiger partial charge in [0.2, 0.25) is 5.91 Å². The number of benzene rings is 3. The number of ether oxygens (including phenoxy) is 1. The summed E-state index contributed by atoms with van der Waals surface area (Å²) in [5.41, 5.74) is 6.40. The second-order valence-electron chi connectivity index (χ2n) is 6.74. The molecule has 0 spiro atoms. The number of anilines is 1. The molecule has 5 rings (SSSR count). The molecule has 1 N–H and O–H groups in total. The maximum Gasteiger partial charge on any atom is 0.237 e. The van der Waals surface area contributed by atoms with Crippen LogP contribution in [0.1, 0.15) is 17.0 Å². The average molecular weight is 399 g/mol. The summed E-state index contributed by atoms with van der Waals surface area (Å²) < 4.78 is 6.84. The first-order chi connectivity index (χ1) is 14.3. The zero-order chi connectivity index (χ0) is 19.6. The summed E-state index contributed by atoms with van der Waals surface area (Å²) in [6.07, 6.45) is 1.71. The lowest BCUT2D eigenvalue weighted by Crippen LogP contribution is -2.12. The van der Waals surface area contributed by atoms with Gasteiger partial charge in [-0.1, -0.05) is 30.3 Å². The number of carbonyl (C=O) groups is 1. The van der Waals surface area contributed by atoms with Crippen LogP contribution < -0.4 is 10.1 Å². The van der Waals surface area contributed by atoms with Gasteiger partial charge in [0.15, 0.2) is 0 Å². The Balaban J connectivity index is 1.32. The molecular formula is C23H17N3O2S. The maximum atomic E-state index is 12.5. The summed E-state index contributed by atoms with van der Waals surface area (Å²) in [4.78, 5) is 21.3. The van der Waals surface area contributed by atoms with Gasteiger partial charge in [0.1, 0.15) is 18.3 Å². The van der Waals surface area contributed by atoms with E-state index < -0.39 is 5.92 Å². The third-order valence-electron chi connectivity index (χ3n) is 4.85. The number of thiazole rings is 1. The van der Waals surface area contributed by atoms with Gasteiger partial charge in [-0.2, -0.15) is 0 Å². The predicted octanol–water partition coefficient (Wildman–Crippen LogP) is 5.31. The second kappa shape index (κ2) is 7.48. The summed E-state index contributed by atoms with van der Waals surface area (Å²) in [7, 11) is 0. The lowest BCUT2D eigenvalue weighted by molar-refractivity contribution is -0.115. The smallest absolute Gasteiger partial charge is 0.237 e. The molecule has 1 amide bonds. The van der Waals surface area contributed by atoms with Crippen LogP contribution in [-0.2, 0) is 11.4 Å². The third kappa shape index (κ3) is 3.50. The number of amides is 1. The molecule has 5 nitrogen and oxygen atoms in total. The summed E-state index contributed by atoms with van der Waals surface area (Å²) in [6.45, 7) is 0.521. The summed E-state index contributed by atoms with van der Waals surface area (Å²) in [6, 6.07) is 21.4. The quantitative estimate of drug-likeness (QED) is 0.462. The number of aromatic nitrogens is 1. The highest BCUT2D eigenvalue weighted by Gasteiger charge is 2.31. The minimum atomic E-state index is -0.414. The number of carbonyl (C=O) groups excluding carboxylic acids is 1. The maximum absolute atomic E-state index is 12.5. The van der Waals surface area contributed by atoms with Crippen LogP contribution >= 0.6 is 11.3 Å². The van der Waals surface area contributed by atoms with Crippen LogP contribution in [0.3, 0.4) is 0 Å². The van der Waals surface area contributed by atoms with Crippen molar-refractivity contribution in [3.8, 4) is 5.75 Å². The van der Waals surface area contributed by atoms with Crippen molar-refractivity contribution in [2.75, 3.05) is 5.32 Å². The van der Waals surface area contributed by atoms with Crippen molar-refractivity contribution < 1.29 is 9.53 Å². The van der Waals surface area contributed by atoms with Gasteiger partial charge in [-0.15, -0.1) is 11.3 Å². The highest BCUT2D eigenvalue weighted by molar-refractivity contribution is 7.17. The van der Waals surface area contributed by atoms with E-state index in [1.165, 1.54) is 0 Å². The second-order valence-corrected chi connectivity index (χ2v) is 7.60. The molecule has 3 aromatic carbocycles. The molecule has 1 atom stereocenters. The minimum Gasteiger partial charge on any atom is -0.489 e. The van der Waals surface area contributed by atoms with E-state index in [0.29, 0.717) is 6.61 Å². The van der Waals surface area contributed by atoms with Crippen molar-refractivity contribution in [3.63, 3.8) is 0 Å². The summed E-state index contributed by atoms with van der Waals surface area (Å²) in [5, 5.41) is 2.94. The van der Waals surface area contributed by atoms with Crippen molar-refractivity contribution in [2.24, 2.45) is 4.99 Å². The standard InChI is InChI=1S/C23H17N3O2S/c27-23-18(21-19(26-23)10-11-20-22(21)29-14-25-20)12-24-16-6-8-17(9-7-16)28-13-15-4-2-1-3-5-15/h1-12,14,18H,13H2,(H,26,27). The first-order valence-electron chi connectivity index (χ1n) is 9.26. The Bertz CT molecular complexity index is 1200. The van der Waals surface area contributed by atoms with Gasteiger partial charge >= 0.3 is 0 Å². The number of aliphatic imine (C=N–C) groups is 1. The van der Waals surface area contributed by atoms with Gasteiger partial charge in [0, 0.05) is 17.5 Å². The first kappa shape index (κ1) is 17.6. The van der Waals surface area contributed by atoms with E-state index in [1.807, 2.05) is 66.7 Å². The van der Waals surface area contributed by atoms with Crippen LogP contribution in [0.15, 0.2) is 77.2 Å². The Morgan fingerprint density at radius 2 is 1.90 bits per heavy atom. The van der Waals surface area contributed by atoms with Gasteiger partial charge < -0.3 is 10.1 Å². The zero-order valence-electron chi connectivity index (χ0n) is 15.4. The Hall–Kier alpha value is -3.51. The number of hydrogen-bond acceptors (Lipinski definition) is 5. The lowest BCUT2D eigenvalue weighted by atomic mass is 10.0. The normalized spacial score (nSPS) is 15.6. The van der Waals surface area contributed by atoms with E-state index in [-0.39, 0.29) is 5.91 Å². The first-order valence-corrected chi connectivity index (χ1v) is 10.1. The molecule has 142 valence electrons. The van der Waals surface area contributed by atoms with Crippen molar-refractivity contribution in [1.29, 1.82) is 0 Å². The fraction of sp³-hybridized carbons (Fsp3) is 0.0870. The monoisotopic (exact) mass is 399 g/mol. The zero-order valence-corrected chi connectivity index (χ0v) is 16.2. The predicted molar refractivity (Wildman–Crippen MR) is 116 cm³/mol. The van der Waals surface area contributed by atoms with Gasteiger partial charge in [-0.25, -0.2) is 4.98 Å². The van der Waals surface area contributed by atoms with Crippen LogP contribution in [0.2, 0.25) is 0 Å². The molecule has 0 radical (unpaired) electrons. The fourth-order valence-electron chi connectivity index (χ4n) is 3.38. The van der Waals surface area contributed by atoms with Crippen LogP contribution in [0.4, 0.5) is 11.4 Å². The minimum absolute atomic E-state index is 0.0625. The van der Waals surface area contributed by atoms with Gasteiger partial charge in [0.25, 0.3) is 0 Å². The van der Waals surface area contributed by atoms with Crippen LogP contribution in [0, 0.1) is 0 Å². The van der Waals surface area contributed by atoms with Gasteiger partial charge in [-0.05, 0) is 42.0 Å². The van der Waals surface area contributed by atoms with E-state index >= 15 is 0 Å². The summed E-state index contributed by atoms with van der Waals surface area (Å²) >= 11 is 1.54.